The highest BCUT2D eigenvalue weighted by Gasteiger charge is 2.23. The molecular formula is C14H20N2O. The van der Waals surface area contributed by atoms with Crippen molar-refractivity contribution in [1.29, 1.82) is 0 Å². The lowest BCUT2D eigenvalue weighted by atomic mass is 10.1. The lowest BCUT2D eigenvalue weighted by Gasteiger charge is -2.38. The Labute approximate surface area is 103 Å². The largest absolute Gasteiger partial charge is 0.369 e. The van der Waals surface area contributed by atoms with Gasteiger partial charge in [-0.2, -0.15) is 0 Å². The predicted octanol–water partition coefficient (Wildman–Crippen LogP) is 1.79. The van der Waals surface area contributed by atoms with Crippen LogP contribution in [-0.2, 0) is 4.79 Å². The van der Waals surface area contributed by atoms with E-state index in [-0.39, 0.29) is 11.8 Å². The summed E-state index contributed by atoms with van der Waals surface area (Å²) in [5.74, 6) is 0.262. The van der Waals surface area contributed by atoms with E-state index in [9.17, 15) is 4.79 Å². The van der Waals surface area contributed by atoms with Gasteiger partial charge in [0, 0.05) is 31.9 Å². The standard InChI is InChI=1S/C14H20N2O/c1-12(13(2)17)15-8-10-16(11-9-15)14-6-4-3-5-7-14/h3-7,12H,8-11H2,1-2H3/t12-/m0/s1. The van der Waals surface area contributed by atoms with Gasteiger partial charge >= 0.3 is 0 Å². The zero-order chi connectivity index (χ0) is 12.3. The molecule has 1 aromatic carbocycles. The number of anilines is 1. The molecule has 1 heterocycles. The first-order valence-electron chi connectivity index (χ1n) is 6.23. The summed E-state index contributed by atoms with van der Waals surface area (Å²) in [6.45, 7) is 7.61. The molecule has 1 aliphatic heterocycles. The fourth-order valence-corrected chi connectivity index (χ4v) is 2.26. The first kappa shape index (κ1) is 12.1. The minimum absolute atomic E-state index is 0.0629. The Morgan fingerprint density at radius 1 is 1.12 bits per heavy atom. The first-order valence-corrected chi connectivity index (χ1v) is 6.23. The van der Waals surface area contributed by atoms with E-state index in [4.69, 9.17) is 0 Å². The SMILES string of the molecule is CC(=O)[C@H](C)N1CCN(c2ccccc2)CC1. The molecule has 3 nitrogen and oxygen atoms in total. The molecule has 0 N–H and O–H groups in total. The minimum atomic E-state index is 0.0629. The fourth-order valence-electron chi connectivity index (χ4n) is 2.26. The van der Waals surface area contributed by atoms with E-state index in [2.05, 4.69) is 34.1 Å². The van der Waals surface area contributed by atoms with Crippen LogP contribution in [0.4, 0.5) is 5.69 Å². The van der Waals surface area contributed by atoms with Crippen molar-refractivity contribution in [3.8, 4) is 0 Å². The van der Waals surface area contributed by atoms with Crippen molar-refractivity contribution in [2.75, 3.05) is 31.1 Å². The summed E-state index contributed by atoms with van der Waals surface area (Å²) in [5.41, 5.74) is 1.28. The number of carbonyl (C=O) groups excluding carboxylic acids is 1. The number of ketones is 1. The number of hydrogen-bond donors (Lipinski definition) is 0. The Bertz CT molecular complexity index is 369. The summed E-state index contributed by atoms with van der Waals surface area (Å²) in [4.78, 5) is 16.0. The summed E-state index contributed by atoms with van der Waals surface area (Å²) in [6, 6.07) is 10.5. The van der Waals surface area contributed by atoms with E-state index in [1.165, 1.54) is 5.69 Å². The van der Waals surface area contributed by atoms with Crippen molar-refractivity contribution in [2.24, 2.45) is 0 Å². The molecule has 1 fully saturated rings. The maximum absolute atomic E-state index is 11.3. The Kier molecular flexibility index (Phi) is 3.79. The third-order valence-corrected chi connectivity index (χ3v) is 3.57. The summed E-state index contributed by atoms with van der Waals surface area (Å²) < 4.78 is 0. The molecule has 1 aliphatic rings. The lowest BCUT2D eigenvalue weighted by Crippen LogP contribution is -2.51. The second-order valence-corrected chi connectivity index (χ2v) is 4.65. The molecular weight excluding hydrogens is 212 g/mol. The molecule has 92 valence electrons. The summed E-state index contributed by atoms with van der Waals surface area (Å²) >= 11 is 0. The maximum Gasteiger partial charge on any atom is 0.146 e. The highest BCUT2D eigenvalue weighted by Crippen LogP contribution is 2.16. The quantitative estimate of drug-likeness (QED) is 0.793. The molecule has 3 heteroatoms. The smallest absolute Gasteiger partial charge is 0.146 e. The van der Waals surface area contributed by atoms with Gasteiger partial charge in [-0.3, -0.25) is 9.69 Å². The van der Waals surface area contributed by atoms with Gasteiger partial charge in [-0.25, -0.2) is 0 Å². The van der Waals surface area contributed by atoms with E-state index in [0.717, 1.165) is 26.2 Å². The number of carbonyl (C=O) groups is 1. The van der Waals surface area contributed by atoms with Gasteiger partial charge < -0.3 is 4.90 Å². The third-order valence-electron chi connectivity index (χ3n) is 3.57. The van der Waals surface area contributed by atoms with E-state index >= 15 is 0 Å². The average Bonchev–Trinajstić information content (AvgIpc) is 2.39. The Morgan fingerprint density at radius 3 is 2.24 bits per heavy atom. The van der Waals surface area contributed by atoms with Crippen molar-refractivity contribution in [3.05, 3.63) is 30.3 Å². The Hall–Kier alpha value is -1.35. The van der Waals surface area contributed by atoms with Crippen molar-refractivity contribution in [2.45, 2.75) is 19.9 Å². The highest BCUT2D eigenvalue weighted by molar-refractivity contribution is 5.81. The van der Waals surface area contributed by atoms with E-state index < -0.39 is 0 Å². The van der Waals surface area contributed by atoms with Gasteiger partial charge in [0.15, 0.2) is 0 Å². The van der Waals surface area contributed by atoms with Crippen LogP contribution in [0.1, 0.15) is 13.8 Å². The van der Waals surface area contributed by atoms with Crippen LogP contribution in [0.3, 0.4) is 0 Å². The summed E-state index contributed by atoms with van der Waals surface area (Å²) in [7, 11) is 0. The van der Waals surface area contributed by atoms with E-state index in [1.54, 1.807) is 6.92 Å². The second kappa shape index (κ2) is 5.32. The van der Waals surface area contributed by atoms with Crippen LogP contribution in [0.15, 0.2) is 30.3 Å². The van der Waals surface area contributed by atoms with Crippen LogP contribution >= 0.6 is 0 Å². The van der Waals surface area contributed by atoms with E-state index in [1.807, 2.05) is 13.0 Å². The zero-order valence-electron chi connectivity index (χ0n) is 10.6. The van der Waals surface area contributed by atoms with E-state index in [0.29, 0.717) is 0 Å². The summed E-state index contributed by atoms with van der Waals surface area (Å²) in [6.07, 6.45) is 0. The molecule has 0 aromatic heterocycles. The van der Waals surface area contributed by atoms with Gasteiger partial charge in [0.1, 0.15) is 5.78 Å². The van der Waals surface area contributed by atoms with Crippen LogP contribution in [0, 0.1) is 0 Å². The molecule has 2 rings (SSSR count). The Morgan fingerprint density at radius 2 is 1.71 bits per heavy atom. The van der Waals surface area contributed by atoms with Crippen molar-refractivity contribution >= 4 is 11.5 Å². The van der Waals surface area contributed by atoms with Crippen LogP contribution in [-0.4, -0.2) is 42.9 Å². The third kappa shape index (κ3) is 2.86. The zero-order valence-corrected chi connectivity index (χ0v) is 10.6. The maximum atomic E-state index is 11.3. The van der Waals surface area contributed by atoms with Gasteiger partial charge in [-0.15, -0.1) is 0 Å². The molecule has 0 spiro atoms. The number of piperazine rings is 1. The molecule has 17 heavy (non-hydrogen) atoms. The molecule has 0 radical (unpaired) electrons. The summed E-state index contributed by atoms with van der Waals surface area (Å²) in [5, 5.41) is 0. The molecule has 0 saturated carbocycles. The van der Waals surface area contributed by atoms with Crippen LogP contribution in [0.5, 0.6) is 0 Å². The van der Waals surface area contributed by atoms with Gasteiger partial charge in [0.05, 0.1) is 6.04 Å². The normalized spacial score (nSPS) is 19.1. The predicted molar refractivity (Wildman–Crippen MR) is 70.4 cm³/mol. The van der Waals surface area contributed by atoms with Gasteiger partial charge in [-0.05, 0) is 26.0 Å². The number of para-hydroxylation sites is 1. The van der Waals surface area contributed by atoms with Gasteiger partial charge in [0.2, 0.25) is 0 Å². The van der Waals surface area contributed by atoms with Crippen LogP contribution in [0.25, 0.3) is 0 Å². The monoisotopic (exact) mass is 232 g/mol. The molecule has 0 aliphatic carbocycles. The Balaban J connectivity index is 1.93. The molecule has 0 amide bonds. The molecule has 1 saturated heterocycles. The molecule has 1 atom stereocenters. The molecule has 0 unspecified atom stereocenters. The van der Waals surface area contributed by atoms with Crippen LogP contribution in [0.2, 0.25) is 0 Å². The van der Waals surface area contributed by atoms with Gasteiger partial charge in [0.25, 0.3) is 0 Å². The average molecular weight is 232 g/mol. The first-order chi connectivity index (χ1) is 8.18. The topological polar surface area (TPSA) is 23.6 Å². The second-order valence-electron chi connectivity index (χ2n) is 4.65. The number of rotatable bonds is 3. The molecule has 0 bridgehead atoms. The number of Topliss-reactive ketones (excluding diaryl/α,β-unsaturated/α-hetero) is 1. The molecule has 1 aromatic rings. The number of nitrogens with zero attached hydrogens (tertiary/aromatic N) is 2. The van der Waals surface area contributed by atoms with Gasteiger partial charge in [-0.1, -0.05) is 18.2 Å². The minimum Gasteiger partial charge on any atom is -0.369 e. The number of benzene rings is 1. The lowest BCUT2D eigenvalue weighted by molar-refractivity contribution is -0.121. The fraction of sp³-hybridized carbons (Fsp3) is 0.500. The number of hydrogen-bond acceptors (Lipinski definition) is 3. The van der Waals surface area contributed by atoms with Crippen molar-refractivity contribution in [3.63, 3.8) is 0 Å². The van der Waals surface area contributed by atoms with Crippen molar-refractivity contribution < 1.29 is 4.79 Å². The van der Waals surface area contributed by atoms with Crippen LogP contribution < -0.4 is 4.90 Å². The van der Waals surface area contributed by atoms with Crippen molar-refractivity contribution in [1.82, 2.24) is 4.90 Å². The highest BCUT2D eigenvalue weighted by atomic mass is 16.1.